The van der Waals surface area contributed by atoms with Gasteiger partial charge in [-0.3, -0.25) is 19.3 Å². The van der Waals surface area contributed by atoms with Crippen molar-refractivity contribution in [2.45, 2.75) is 26.7 Å². The van der Waals surface area contributed by atoms with Crippen LogP contribution in [-0.2, 0) is 4.79 Å². The Morgan fingerprint density at radius 1 is 1.03 bits per heavy atom. The zero-order chi connectivity index (χ0) is 22.7. The molecule has 0 unspecified atom stereocenters. The summed E-state index contributed by atoms with van der Waals surface area (Å²) < 4.78 is 0. The molecule has 0 aliphatic carbocycles. The van der Waals surface area contributed by atoms with Crippen molar-refractivity contribution in [3.63, 3.8) is 0 Å². The van der Waals surface area contributed by atoms with Crippen molar-refractivity contribution in [2.75, 3.05) is 49.5 Å². The van der Waals surface area contributed by atoms with Gasteiger partial charge in [0.05, 0.1) is 11.1 Å². The van der Waals surface area contributed by atoms with E-state index in [9.17, 15) is 14.4 Å². The topological polar surface area (TPSA) is 98.7 Å². The third-order valence-electron chi connectivity index (χ3n) is 5.79. The molecule has 9 heteroatoms. The van der Waals surface area contributed by atoms with E-state index in [0.29, 0.717) is 56.0 Å². The van der Waals surface area contributed by atoms with E-state index in [1.807, 2.05) is 24.8 Å². The van der Waals surface area contributed by atoms with Crippen molar-refractivity contribution in [1.82, 2.24) is 19.8 Å². The molecule has 2 aliphatic heterocycles. The smallest absolute Gasteiger partial charge is 0.261 e. The van der Waals surface area contributed by atoms with Gasteiger partial charge >= 0.3 is 0 Å². The Morgan fingerprint density at radius 3 is 2.31 bits per heavy atom. The number of imide groups is 1. The molecule has 9 nitrogen and oxygen atoms in total. The Labute approximate surface area is 187 Å². The number of fused-ring (bicyclic) bond motifs is 1. The van der Waals surface area contributed by atoms with E-state index in [-0.39, 0.29) is 24.3 Å². The molecular weight excluding hydrogens is 408 g/mol. The van der Waals surface area contributed by atoms with E-state index in [1.165, 1.54) is 4.90 Å². The second-order valence-electron chi connectivity index (χ2n) is 7.97. The number of aryl methyl sites for hydroxylation is 1. The number of hydrogen-bond donors (Lipinski definition) is 1. The number of carbonyl (C=O) groups excluding carboxylic acids is 3. The Morgan fingerprint density at radius 2 is 1.69 bits per heavy atom. The van der Waals surface area contributed by atoms with E-state index in [4.69, 9.17) is 0 Å². The molecule has 2 aromatic rings. The Hall–Kier alpha value is -3.49. The van der Waals surface area contributed by atoms with Crippen molar-refractivity contribution in [2.24, 2.45) is 0 Å². The van der Waals surface area contributed by atoms with Crippen molar-refractivity contribution in [3.8, 4) is 0 Å². The minimum absolute atomic E-state index is 0.0495. The monoisotopic (exact) mass is 436 g/mol. The number of anilines is 2. The number of aromatic nitrogens is 2. The van der Waals surface area contributed by atoms with Crippen LogP contribution in [0.3, 0.4) is 0 Å². The van der Waals surface area contributed by atoms with Crippen LogP contribution in [0.4, 0.5) is 11.6 Å². The predicted octanol–water partition coefficient (Wildman–Crippen LogP) is 1.94. The summed E-state index contributed by atoms with van der Waals surface area (Å²) in [5.41, 5.74) is 0.884. The molecule has 32 heavy (non-hydrogen) atoms. The zero-order valence-corrected chi connectivity index (χ0v) is 18.5. The molecular formula is C23H28N6O3. The van der Waals surface area contributed by atoms with E-state index >= 15 is 0 Å². The molecule has 2 aliphatic rings. The summed E-state index contributed by atoms with van der Waals surface area (Å²) >= 11 is 0. The van der Waals surface area contributed by atoms with Crippen LogP contribution < -0.4 is 10.2 Å². The van der Waals surface area contributed by atoms with Crippen molar-refractivity contribution < 1.29 is 14.4 Å². The molecule has 3 heterocycles. The summed E-state index contributed by atoms with van der Waals surface area (Å²) in [4.78, 5) is 51.7. The maximum Gasteiger partial charge on any atom is 0.261 e. The lowest BCUT2D eigenvalue weighted by Crippen LogP contribution is -2.49. The third-order valence-corrected chi connectivity index (χ3v) is 5.79. The zero-order valence-electron chi connectivity index (χ0n) is 18.5. The molecule has 0 radical (unpaired) electrons. The number of nitrogens with one attached hydrogen (secondary N) is 1. The second-order valence-corrected chi connectivity index (χ2v) is 7.97. The van der Waals surface area contributed by atoms with Crippen LogP contribution in [-0.4, -0.2) is 76.8 Å². The van der Waals surface area contributed by atoms with Crippen molar-refractivity contribution in [3.05, 3.63) is 47.3 Å². The largest absolute Gasteiger partial charge is 0.370 e. The summed E-state index contributed by atoms with van der Waals surface area (Å²) in [6, 6.07) is 8.78. The molecule has 1 aromatic heterocycles. The quantitative estimate of drug-likeness (QED) is 0.662. The van der Waals surface area contributed by atoms with Gasteiger partial charge < -0.3 is 15.1 Å². The minimum atomic E-state index is -0.274. The normalized spacial score (nSPS) is 15.9. The van der Waals surface area contributed by atoms with Gasteiger partial charge in [0, 0.05) is 51.8 Å². The molecule has 1 aromatic carbocycles. The van der Waals surface area contributed by atoms with E-state index < -0.39 is 0 Å². The van der Waals surface area contributed by atoms with Crippen LogP contribution in [0.15, 0.2) is 30.3 Å². The highest BCUT2D eigenvalue weighted by atomic mass is 16.2. The summed E-state index contributed by atoms with van der Waals surface area (Å²) in [6.45, 7) is 7.58. The van der Waals surface area contributed by atoms with Crippen molar-refractivity contribution in [1.29, 1.82) is 0 Å². The van der Waals surface area contributed by atoms with Gasteiger partial charge in [-0.2, -0.15) is 0 Å². The van der Waals surface area contributed by atoms with Gasteiger partial charge in [-0.05, 0) is 32.4 Å². The molecule has 0 atom stereocenters. The molecule has 168 valence electrons. The van der Waals surface area contributed by atoms with E-state index in [2.05, 4.69) is 20.2 Å². The first-order chi connectivity index (χ1) is 15.5. The number of hydrogen-bond acceptors (Lipinski definition) is 7. The van der Waals surface area contributed by atoms with Gasteiger partial charge in [0.2, 0.25) is 5.91 Å². The van der Waals surface area contributed by atoms with Crippen LogP contribution in [0, 0.1) is 6.92 Å². The maximum absolute atomic E-state index is 12.7. The number of rotatable bonds is 7. The predicted molar refractivity (Wildman–Crippen MR) is 121 cm³/mol. The Kier molecular flexibility index (Phi) is 6.34. The van der Waals surface area contributed by atoms with Crippen LogP contribution in [0.5, 0.6) is 0 Å². The van der Waals surface area contributed by atoms with Crippen LogP contribution in [0.1, 0.15) is 46.3 Å². The number of amides is 3. The Balaban J connectivity index is 1.26. The van der Waals surface area contributed by atoms with Gasteiger partial charge in [-0.1, -0.05) is 12.1 Å². The van der Waals surface area contributed by atoms with Gasteiger partial charge in [0.1, 0.15) is 17.5 Å². The van der Waals surface area contributed by atoms with Gasteiger partial charge in [0.15, 0.2) is 0 Å². The lowest BCUT2D eigenvalue weighted by molar-refractivity contribution is -0.131. The van der Waals surface area contributed by atoms with Gasteiger partial charge in [-0.25, -0.2) is 9.97 Å². The summed E-state index contributed by atoms with van der Waals surface area (Å²) in [6.07, 6.45) is 0.770. The SMILES string of the molecule is CCNc1cc(N2CCN(C(=O)CCCN3C(=O)c4ccccc4C3=O)CC2)nc(C)n1. The first-order valence-corrected chi connectivity index (χ1v) is 11.1. The van der Waals surface area contributed by atoms with Gasteiger partial charge in [-0.15, -0.1) is 0 Å². The first-order valence-electron chi connectivity index (χ1n) is 11.1. The molecule has 1 N–H and O–H groups in total. The van der Waals surface area contributed by atoms with Crippen molar-refractivity contribution >= 4 is 29.4 Å². The molecule has 3 amide bonds. The average Bonchev–Trinajstić information content (AvgIpc) is 3.04. The highest BCUT2D eigenvalue weighted by molar-refractivity contribution is 6.21. The molecule has 0 saturated carbocycles. The summed E-state index contributed by atoms with van der Waals surface area (Å²) in [5.74, 6) is 1.89. The van der Waals surface area contributed by atoms with Crippen LogP contribution in [0.25, 0.3) is 0 Å². The fourth-order valence-electron chi connectivity index (χ4n) is 4.16. The molecule has 1 saturated heterocycles. The fraction of sp³-hybridized carbons (Fsp3) is 0.435. The second kappa shape index (κ2) is 9.33. The standard InChI is InChI=1S/C23H28N6O3/c1-3-24-19-15-20(26-16(2)25-19)27-11-13-28(14-12-27)21(30)9-6-10-29-22(31)17-7-4-5-8-18(17)23(29)32/h4-5,7-8,15H,3,6,9-14H2,1-2H3,(H,24,25,26). The van der Waals surface area contributed by atoms with Crippen LogP contribution >= 0.6 is 0 Å². The van der Waals surface area contributed by atoms with E-state index in [0.717, 1.165) is 18.2 Å². The van der Waals surface area contributed by atoms with E-state index in [1.54, 1.807) is 24.3 Å². The molecule has 1 fully saturated rings. The lowest BCUT2D eigenvalue weighted by atomic mass is 10.1. The number of benzene rings is 1. The number of carbonyl (C=O) groups is 3. The average molecular weight is 437 g/mol. The fourth-order valence-corrected chi connectivity index (χ4v) is 4.16. The Bertz CT molecular complexity index is 997. The maximum atomic E-state index is 12.7. The molecule has 0 bridgehead atoms. The minimum Gasteiger partial charge on any atom is -0.370 e. The highest BCUT2D eigenvalue weighted by Crippen LogP contribution is 2.23. The number of piperazine rings is 1. The third kappa shape index (κ3) is 4.42. The summed E-state index contributed by atoms with van der Waals surface area (Å²) in [5, 5.41) is 3.22. The lowest BCUT2D eigenvalue weighted by Gasteiger charge is -2.35. The van der Waals surface area contributed by atoms with Crippen LogP contribution in [0.2, 0.25) is 0 Å². The van der Waals surface area contributed by atoms with Gasteiger partial charge in [0.25, 0.3) is 11.8 Å². The highest BCUT2D eigenvalue weighted by Gasteiger charge is 2.34. The number of nitrogens with zero attached hydrogens (tertiary/aromatic N) is 5. The molecule has 4 rings (SSSR count). The molecule has 0 spiro atoms. The first kappa shape index (κ1) is 21.7. The summed E-state index contributed by atoms with van der Waals surface area (Å²) in [7, 11) is 0.